The molecule has 0 aromatic heterocycles. The smallest absolute Gasteiger partial charge is 0.344 e. The molecule has 31 heavy (non-hydrogen) atoms. The SMILES string of the molecule is CCOc1c(OC)ccc(-c2cccc3c2CCC3=O)c1OCC(=O)OC1CCCC1. The molecule has 4 rings (SSSR count). The highest BCUT2D eigenvalue weighted by atomic mass is 16.6. The van der Waals surface area contributed by atoms with Gasteiger partial charge in [0, 0.05) is 17.5 Å². The quantitative estimate of drug-likeness (QED) is 0.570. The molecule has 0 N–H and O–H groups in total. The molecule has 0 aliphatic heterocycles. The minimum atomic E-state index is -0.392. The minimum absolute atomic E-state index is 0.0179. The lowest BCUT2D eigenvalue weighted by Gasteiger charge is -2.20. The second-order valence-corrected chi connectivity index (χ2v) is 7.85. The van der Waals surface area contributed by atoms with E-state index in [2.05, 4.69) is 0 Å². The maximum absolute atomic E-state index is 12.4. The number of carbonyl (C=O) groups excluding carboxylic acids is 2. The van der Waals surface area contributed by atoms with Crippen LogP contribution in [0.2, 0.25) is 0 Å². The summed E-state index contributed by atoms with van der Waals surface area (Å²) in [6.07, 6.45) is 5.16. The molecule has 2 aliphatic carbocycles. The van der Waals surface area contributed by atoms with Crippen molar-refractivity contribution in [2.75, 3.05) is 20.3 Å². The number of benzene rings is 2. The van der Waals surface area contributed by atoms with Gasteiger partial charge in [0.05, 0.1) is 13.7 Å². The summed E-state index contributed by atoms with van der Waals surface area (Å²) in [5.41, 5.74) is 3.42. The van der Waals surface area contributed by atoms with Gasteiger partial charge in [0.2, 0.25) is 5.75 Å². The number of Topliss-reactive ketones (excluding diaryl/α,β-unsaturated/α-hetero) is 1. The molecule has 2 aromatic rings. The predicted octanol–water partition coefficient (Wildman–Crippen LogP) is 4.75. The molecule has 0 unspecified atom stereocenters. The fourth-order valence-electron chi connectivity index (χ4n) is 4.44. The van der Waals surface area contributed by atoms with Gasteiger partial charge in [-0.25, -0.2) is 4.79 Å². The maximum atomic E-state index is 12.4. The first-order valence-electron chi connectivity index (χ1n) is 10.9. The van der Waals surface area contributed by atoms with Crippen LogP contribution in [0.5, 0.6) is 17.2 Å². The van der Waals surface area contributed by atoms with Gasteiger partial charge in [0.25, 0.3) is 0 Å². The highest BCUT2D eigenvalue weighted by Crippen LogP contribution is 2.46. The number of esters is 1. The largest absolute Gasteiger partial charge is 0.493 e. The van der Waals surface area contributed by atoms with E-state index in [4.69, 9.17) is 18.9 Å². The van der Waals surface area contributed by atoms with Crippen molar-refractivity contribution in [1.29, 1.82) is 0 Å². The molecule has 0 bridgehead atoms. The van der Waals surface area contributed by atoms with Crippen molar-refractivity contribution in [3.8, 4) is 28.4 Å². The number of ketones is 1. The van der Waals surface area contributed by atoms with E-state index in [1.165, 1.54) is 0 Å². The van der Waals surface area contributed by atoms with Crippen molar-refractivity contribution in [2.24, 2.45) is 0 Å². The van der Waals surface area contributed by atoms with Gasteiger partial charge in [-0.15, -0.1) is 0 Å². The Morgan fingerprint density at radius 1 is 0.968 bits per heavy atom. The monoisotopic (exact) mass is 424 g/mol. The van der Waals surface area contributed by atoms with Crippen molar-refractivity contribution in [3.05, 3.63) is 41.5 Å². The van der Waals surface area contributed by atoms with Gasteiger partial charge in [0.1, 0.15) is 6.10 Å². The summed E-state index contributed by atoms with van der Waals surface area (Å²) in [6.45, 7) is 2.07. The molecular formula is C25H28O6. The van der Waals surface area contributed by atoms with Crippen LogP contribution in [-0.2, 0) is 16.0 Å². The average molecular weight is 424 g/mol. The number of fused-ring (bicyclic) bond motifs is 1. The molecule has 2 aliphatic rings. The van der Waals surface area contributed by atoms with E-state index in [0.717, 1.165) is 47.9 Å². The van der Waals surface area contributed by atoms with Crippen LogP contribution in [0.1, 0.15) is 54.9 Å². The summed E-state index contributed by atoms with van der Waals surface area (Å²) in [7, 11) is 1.56. The molecule has 0 heterocycles. The lowest BCUT2D eigenvalue weighted by atomic mass is 9.95. The molecule has 0 amide bonds. The number of hydrogen-bond donors (Lipinski definition) is 0. The van der Waals surface area contributed by atoms with E-state index < -0.39 is 5.97 Å². The van der Waals surface area contributed by atoms with E-state index in [1.54, 1.807) is 7.11 Å². The number of ether oxygens (including phenoxy) is 4. The molecule has 6 heteroatoms. The van der Waals surface area contributed by atoms with Gasteiger partial charge >= 0.3 is 5.97 Å². The van der Waals surface area contributed by atoms with Crippen LogP contribution in [0.4, 0.5) is 0 Å². The Morgan fingerprint density at radius 2 is 1.74 bits per heavy atom. The lowest BCUT2D eigenvalue weighted by molar-refractivity contribution is -0.151. The second kappa shape index (κ2) is 9.41. The third kappa shape index (κ3) is 4.38. The van der Waals surface area contributed by atoms with Gasteiger partial charge in [-0.3, -0.25) is 4.79 Å². The summed E-state index contributed by atoms with van der Waals surface area (Å²) >= 11 is 0. The van der Waals surface area contributed by atoms with E-state index in [9.17, 15) is 9.59 Å². The van der Waals surface area contributed by atoms with Crippen molar-refractivity contribution >= 4 is 11.8 Å². The Labute approximate surface area is 182 Å². The molecule has 0 atom stereocenters. The van der Waals surface area contributed by atoms with Crippen LogP contribution in [0.25, 0.3) is 11.1 Å². The molecule has 1 fully saturated rings. The normalized spacial score (nSPS) is 15.6. The van der Waals surface area contributed by atoms with Crippen LogP contribution in [0.3, 0.4) is 0 Å². The highest BCUT2D eigenvalue weighted by molar-refractivity contribution is 6.02. The van der Waals surface area contributed by atoms with E-state index in [1.807, 2.05) is 37.3 Å². The topological polar surface area (TPSA) is 71.1 Å². The van der Waals surface area contributed by atoms with E-state index >= 15 is 0 Å². The van der Waals surface area contributed by atoms with Gasteiger partial charge in [-0.05, 0) is 62.3 Å². The molecule has 0 spiro atoms. The predicted molar refractivity (Wildman–Crippen MR) is 116 cm³/mol. The third-order valence-electron chi connectivity index (χ3n) is 5.89. The fourth-order valence-corrected chi connectivity index (χ4v) is 4.44. The number of carbonyl (C=O) groups is 2. The summed E-state index contributed by atoms with van der Waals surface area (Å²) in [5.74, 6) is 1.15. The first kappa shape index (κ1) is 21.2. The summed E-state index contributed by atoms with van der Waals surface area (Å²) < 4.78 is 22.9. The zero-order valence-electron chi connectivity index (χ0n) is 18.1. The van der Waals surface area contributed by atoms with Gasteiger partial charge in [0.15, 0.2) is 23.9 Å². The Balaban J connectivity index is 1.69. The minimum Gasteiger partial charge on any atom is -0.493 e. The van der Waals surface area contributed by atoms with Crippen LogP contribution < -0.4 is 14.2 Å². The zero-order valence-corrected chi connectivity index (χ0v) is 18.1. The highest BCUT2D eigenvalue weighted by Gasteiger charge is 2.27. The first-order valence-corrected chi connectivity index (χ1v) is 10.9. The van der Waals surface area contributed by atoms with Crippen molar-refractivity contribution in [1.82, 2.24) is 0 Å². The van der Waals surface area contributed by atoms with Crippen molar-refractivity contribution in [3.63, 3.8) is 0 Å². The van der Waals surface area contributed by atoms with Crippen LogP contribution in [0, 0.1) is 0 Å². The van der Waals surface area contributed by atoms with Crippen LogP contribution in [-0.4, -0.2) is 38.2 Å². The first-order chi connectivity index (χ1) is 15.1. The van der Waals surface area contributed by atoms with Crippen LogP contribution in [0.15, 0.2) is 30.3 Å². The Hall–Kier alpha value is -3.02. The second-order valence-electron chi connectivity index (χ2n) is 7.85. The summed E-state index contributed by atoms with van der Waals surface area (Å²) in [5, 5.41) is 0. The van der Waals surface area contributed by atoms with Gasteiger partial charge < -0.3 is 18.9 Å². The van der Waals surface area contributed by atoms with Gasteiger partial charge in [-0.1, -0.05) is 18.2 Å². The summed E-state index contributed by atoms with van der Waals surface area (Å²) in [6, 6.07) is 9.41. The zero-order chi connectivity index (χ0) is 21.8. The van der Waals surface area contributed by atoms with Gasteiger partial charge in [-0.2, -0.15) is 0 Å². The Morgan fingerprint density at radius 3 is 2.48 bits per heavy atom. The van der Waals surface area contributed by atoms with E-state index in [-0.39, 0.29) is 18.5 Å². The van der Waals surface area contributed by atoms with Crippen molar-refractivity contribution in [2.45, 2.75) is 51.6 Å². The maximum Gasteiger partial charge on any atom is 0.344 e. The van der Waals surface area contributed by atoms with Crippen molar-refractivity contribution < 1.29 is 28.5 Å². The number of hydrogen-bond acceptors (Lipinski definition) is 6. The Kier molecular flexibility index (Phi) is 6.44. The molecule has 0 radical (unpaired) electrons. The number of rotatable bonds is 8. The van der Waals surface area contributed by atoms with E-state index in [0.29, 0.717) is 36.7 Å². The molecular weight excluding hydrogens is 396 g/mol. The average Bonchev–Trinajstić information content (AvgIpc) is 3.42. The summed E-state index contributed by atoms with van der Waals surface area (Å²) in [4.78, 5) is 24.7. The molecule has 0 saturated heterocycles. The lowest BCUT2D eigenvalue weighted by Crippen LogP contribution is -2.21. The Bertz CT molecular complexity index is 974. The number of methoxy groups -OCH3 is 1. The molecule has 2 aromatic carbocycles. The fraction of sp³-hybridized carbons (Fsp3) is 0.440. The molecule has 164 valence electrons. The third-order valence-corrected chi connectivity index (χ3v) is 5.89. The standard InChI is InChI=1S/C25H28O6/c1-3-29-25-22(28-2)14-12-20(17-9-6-10-19-18(17)11-13-21(19)26)24(25)30-15-23(27)31-16-7-4-5-8-16/h6,9-10,12,14,16H,3-5,7-8,11,13,15H2,1-2H3. The molecule has 6 nitrogen and oxygen atoms in total. The molecule has 1 saturated carbocycles. The van der Waals surface area contributed by atoms with Crippen LogP contribution >= 0.6 is 0 Å².